The van der Waals surface area contributed by atoms with Crippen molar-refractivity contribution in [1.82, 2.24) is 0 Å². The number of benzene rings is 2. The normalized spacial score (nSPS) is 12.9. The van der Waals surface area contributed by atoms with E-state index in [-0.39, 0.29) is 18.2 Å². The Morgan fingerprint density at radius 3 is 2.55 bits per heavy atom. The molecule has 3 rings (SSSR count). The Balaban J connectivity index is 1.53. The van der Waals surface area contributed by atoms with Crippen LogP contribution in [0.3, 0.4) is 0 Å². The Morgan fingerprint density at radius 1 is 1.05 bits per heavy atom. The van der Waals surface area contributed by atoms with Gasteiger partial charge >= 0.3 is 5.97 Å². The molecule has 0 saturated heterocycles. The number of rotatable bonds is 5. The van der Waals surface area contributed by atoms with E-state index in [4.69, 9.17) is 10.6 Å². The number of carbonyl (C=O) groups is 1. The van der Waals surface area contributed by atoms with Gasteiger partial charge in [-0.1, -0.05) is 59.8 Å². The Bertz CT molecular complexity index is 749. The third-order valence-corrected chi connectivity index (χ3v) is 3.53. The van der Waals surface area contributed by atoms with Gasteiger partial charge in [0.05, 0.1) is 6.42 Å². The summed E-state index contributed by atoms with van der Waals surface area (Å²) in [7, 11) is 0. The molecule has 2 N–H and O–H groups in total. The molecule has 0 fully saturated rings. The highest BCUT2D eigenvalue weighted by molar-refractivity contribution is 6.31. The van der Waals surface area contributed by atoms with E-state index in [2.05, 4.69) is 5.16 Å². The van der Waals surface area contributed by atoms with Crippen LogP contribution in [-0.2, 0) is 16.1 Å². The maximum absolute atomic E-state index is 11.7. The largest absolute Gasteiger partial charge is 0.380 e. The van der Waals surface area contributed by atoms with Gasteiger partial charge in [-0.05, 0) is 29.2 Å². The fraction of sp³-hybridized carbons (Fsp3) is 0.111. The summed E-state index contributed by atoms with van der Waals surface area (Å²) in [4.78, 5) is 16.6. The Kier molecular flexibility index (Phi) is 4.01. The van der Waals surface area contributed by atoms with Gasteiger partial charge in [0, 0.05) is 5.57 Å². The standard InChI is InChI=1S/C18H16N2O2/c19-18(16-12-14-8-4-5-9-15(14)16)20-22-17(21)11-10-13-6-2-1-3-7-13/h1-9,12H,10-11H2,(H2,19,20). The van der Waals surface area contributed by atoms with Gasteiger partial charge < -0.3 is 10.6 Å². The first-order valence-corrected chi connectivity index (χ1v) is 7.13. The zero-order valence-electron chi connectivity index (χ0n) is 12.0. The summed E-state index contributed by atoms with van der Waals surface area (Å²) in [5, 5.41) is 3.73. The maximum Gasteiger partial charge on any atom is 0.335 e. The molecule has 1 aliphatic carbocycles. The molecule has 0 radical (unpaired) electrons. The SMILES string of the molecule is NC(=NOC(=O)CCc1ccccc1)C1=Cc2ccccc21. The molecule has 4 heteroatoms. The van der Waals surface area contributed by atoms with Crippen LogP contribution < -0.4 is 5.73 Å². The first kappa shape index (κ1) is 14.1. The Hall–Kier alpha value is -2.88. The van der Waals surface area contributed by atoms with Gasteiger partial charge in [-0.15, -0.1) is 0 Å². The van der Waals surface area contributed by atoms with Crippen LogP contribution in [0.5, 0.6) is 0 Å². The second kappa shape index (κ2) is 6.26. The second-order valence-corrected chi connectivity index (χ2v) is 5.07. The van der Waals surface area contributed by atoms with Crippen LogP contribution in [0.4, 0.5) is 0 Å². The Morgan fingerprint density at radius 2 is 1.77 bits per heavy atom. The van der Waals surface area contributed by atoms with Crippen LogP contribution in [0.1, 0.15) is 23.1 Å². The lowest BCUT2D eigenvalue weighted by molar-refractivity contribution is -0.143. The number of fused-ring (bicyclic) bond motifs is 1. The number of nitrogens with two attached hydrogens (primary N) is 1. The minimum absolute atomic E-state index is 0.228. The molecule has 0 amide bonds. The van der Waals surface area contributed by atoms with E-state index in [0.717, 1.165) is 22.3 Å². The van der Waals surface area contributed by atoms with Crippen LogP contribution in [0.25, 0.3) is 11.6 Å². The molecule has 110 valence electrons. The highest BCUT2D eigenvalue weighted by Crippen LogP contribution is 2.31. The quantitative estimate of drug-likeness (QED) is 0.399. The zero-order chi connectivity index (χ0) is 15.4. The van der Waals surface area contributed by atoms with E-state index in [1.165, 1.54) is 0 Å². The molecule has 0 bridgehead atoms. The molecule has 0 saturated carbocycles. The van der Waals surface area contributed by atoms with Crippen molar-refractivity contribution in [3.63, 3.8) is 0 Å². The van der Waals surface area contributed by atoms with Crippen molar-refractivity contribution in [1.29, 1.82) is 0 Å². The van der Waals surface area contributed by atoms with Crippen LogP contribution in [-0.4, -0.2) is 11.8 Å². The summed E-state index contributed by atoms with van der Waals surface area (Å²) in [6.07, 6.45) is 2.82. The smallest absolute Gasteiger partial charge is 0.335 e. The number of carbonyl (C=O) groups excluding carboxylic acids is 1. The fourth-order valence-electron chi connectivity index (χ4n) is 2.32. The van der Waals surface area contributed by atoms with Crippen molar-refractivity contribution in [3.8, 4) is 0 Å². The van der Waals surface area contributed by atoms with Crippen LogP contribution in [0, 0.1) is 0 Å². The molecule has 0 spiro atoms. The van der Waals surface area contributed by atoms with Gasteiger partial charge in [0.15, 0.2) is 5.84 Å². The van der Waals surface area contributed by atoms with Crippen molar-refractivity contribution in [2.24, 2.45) is 10.9 Å². The average molecular weight is 292 g/mol. The third kappa shape index (κ3) is 3.06. The highest BCUT2D eigenvalue weighted by Gasteiger charge is 2.19. The minimum Gasteiger partial charge on any atom is -0.380 e. The predicted octanol–water partition coefficient (Wildman–Crippen LogP) is 2.99. The lowest BCUT2D eigenvalue weighted by Crippen LogP contribution is -2.19. The van der Waals surface area contributed by atoms with Crippen LogP contribution >= 0.6 is 0 Å². The van der Waals surface area contributed by atoms with Crippen molar-refractivity contribution < 1.29 is 9.63 Å². The van der Waals surface area contributed by atoms with E-state index in [9.17, 15) is 4.79 Å². The van der Waals surface area contributed by atoms with Crippen molar-refractivity contribution in [2.45, 2.75) is 12.8 Å². The van der Waals surface area contributed by atoms with Gasteiger partial charge in [0.25, 0.3) is 0 Å². The van der Waals surface area contributed by atoms with Gasteiger partial charge in [0.1, 0.15) is 0 Å². The van der Waals surface area contributed by atoms with Crippen LogP contribution in [0.2, 0.25) is 0 Å². The fourth-order valence-corrected chi connectivity index (χ4v) is 2.32. The van der Waals surface area contributed by atoms with E-state index < -0.39 is 0 Å². The lowest BCUT2D eigenvalue weighted by Gasteiger charge is -2.18. The molecule has 0 atom stereocenters. The monoisotopic (exact) mass is 292 g/mol. The van der Waals surface area contributed by atoms with Gasteiger partial charge in [-0.25, -0.2) is 4.79 Å². The highest BCUT2D eigenvalue weighted by atomic mass is 16.7. The molecule has 2 aromatic rings. The molecule has 0 aliphatic heterocycles. The Labute approximate surface area is 128 Å². The summed E-state index contributed by atoms with van der Waals surface area (Å²) >= 11 is 0. The number of hydrogen-bond donors (Lipinski definition) is 1. The number of aryl methyl sites for hydroxylation is 1. The molecular formula is C18H16N2O2. The average Bonchev–Trinajstić information content (AvgIpc) is 2.53. The number of hydrogen-bond acceptors (Lipinski definition) is 3. The topological polar surface area (TPSA) is 64.7 Å². The first-order chi connectivity index (χ1) is 10.7. The summed E-state index contributed by atoms with van der Waals surface area (Å²) in [5.41, 5.74) is 9.90. The molecule has 0 heterocycles. The molecule has 0 unspecified atom stereocenters. The molecule has 22 heavy (non-hydrogen) atoms. The first-order valence-electron chi connectivity index (χ1n) is 7.13. The van der Waals surface area contributed by atoms with Gasteiger partial charge in [0.2, 0.25) is 0 Å². The van der Waals surface area contributed by atoms with Crippen LogP contribution in [0.15, 0.2) is 59.8 Å². The second-order valence-electron chi connectivity index (χ2n) is 5.07. The van der Waals surface area contributed by atoms with Crippen molar-refractivity contribution in [3.05, 3.63) is 71.3 Å². The van der Waals surface area contributed by atoms with E-state index in [1.807, 2.05) is 60.7 Å². The third-order valence-electron chi connectivity index (χ3n) is 3.53. The summed E-state index contributed by atoms with van der Waals surface area (Å²) < 4.78 is 0. The van der Waals surface area contributed by atoms with Crippen molar-refractivity contribution >= 4 is 23.5 Å². The van der Waals surface area contributed by atoms with Gasteiger partial charge in [-0.2, -0.15) is 0 Å². The summed E-state index contributed by atoms with van der Waals surface area (Å²) in [5.74, 6) is -0.160. The number of oxime groups is 1. The molecule has 0 aromatic heterocycles. The number of amidine groups is 1. The minimum atomic E-state index is -0.389. The molecule has 2 aromatic carbocycles. The lowest BCUT2D eigenvalue weighted by atomic mass is 9.88. The molecular weight excluding hydrogens is 276 g/mol. The summed E-state index contributed by atoms with van der Waals surface area (Å²) in [6, 6.07) is 17.6. The molecule has 4 nitrogen and oxygen atoms in total. The predicted molar refractivity (Wildman–Crippen MR) is 86.8 cm³/mol. The van der Waals surface area contributed by atoms with Gasteiger partial charge in [-0.3, -0.25) is 0 Å². The van der Waals surface area contributed by atoms with Crippen molar-refractivity contribution in [2.75, 3.05) is 0 Å². The molecule has 1 aliphatic rings. The number of nitrogens with zero attached hydrogens (tertiary/aromatic N) is 1. The van der Waals surface area contributed by atoms with E-state index >= 15 is 0 Å². The van der Waals surface area contributed by atoms with E-state index in [0.29, 0.717) is 6.42 Å². The van der Waals surface area contributed by atoms with E-state index in [1.54, 1.807) is 0 Å². The maximum atomic E-state index is 11.7. The zero-order valence-corrected chi connectivity index (χ0v) is 12.0. The summed E-state index contributed by atoms with van der Waals surface area (Å²) in [6.45, 7) is 0.